The van der Waals surface area contributed by atoms with E-state index in [-0.39, 0.29) is 17.1 Å². The first kappa shape index (κ1) is 14.1. The topological polar surface area (TPSA) is 35.5 Å². The molecule has 0 radical (unpaired) electrons. The van der Waals surface area contributed by atoms with Gasteiger partial charge in [-0.1, -0.05) is 12.1 Å². The van der Waals surface area contributed by atoms with Crippen molar-refractivity contribution in [1.29, 1.82) is 0 Å². The molecule has 0 aromatic heterocycles. The smallest absolute Gasteiger partial charge is 0.174 e. The van der Waals surface area contributed by atoms with Crippen LogP contribution in [0.2, 0.25) is 0 Å². The summed E-state index contributed by atoms with van der Waals surface area (Å²) in [5.41, 5.74) is 1.20. The number of benzene rings is 2. The maximum absolute atomic E-state index is 13.9. The van der Waals surface area contributed by atoms with Gasteiger partial charge >= 0.3 is 0 Å². The Labute approximate surface area is 117 Å². The van der Waals surface area contributed by atoms with Gasteiger partial charge in [0.05, 0.1) is 12.7 Å². The number of ketones is 1. The molecule has 4 heteroatoms. The van der Waals surface area contributed by atoms with Gasteiger partial charge in [-0.15, -0.1) is 0 Å². The van der Waals surface area contributed by atoms with Crippen LogP contribution in [0.15, 0.2) is 36.4 Å². The highest BCUT2D eigenvalue weighted by Gasteiger charge is 2.16. The van der Waals surface area contributed by atoms with E-state index in [4.69, 9.17) is 9.47 Å². The lowest BCUT2D eigenvalue weighted by Gasteiger charge is -2.13. The number of methoxy groups -OCH3 is 1. The van der Waals surface area contributed by atoms with Crippen LogP contribution in [0, 0.1) is 12.7 Å². The van der Waals surface area contributed by atoms with Crippen LogP contribution in [0.5, 0.6) is 17.2 Å². The molecule has 0 amide bonds. The molecule has 0 aliphatic heterocycles. The zero-order valence-electron chi connectivity index (χ0n) is 11.6. The summed E-state index contributed by atoms with van der Waals surface area (Å²) in [6.45, 7) is 3.28. The maximum atomic E-state index is 13.9. The quantitative estimate of drug-likeness (QED) is 0.786. The zero-order valence-corrected chi connectivity index (χ0v) is 11.6. The van der Waals surface area contributed by atoms with Gasteiger partial charge in [-0.3, -0.25) is 4.79 Å². The molecule has 0 atom stereocenters. The predicted octanol–water partition coefficient (Wildman–Crippen LogP) is 4.14. The molecule has 2 rings (SSSR count). The number of hydrogen-bond donors (Lipinski definition) is 0. The third-order valence-electron chi connectivity index (χ3n) is 2.88. The van der Waals surface area contributed by atoms with Gasteiger partial charge in [0.1, 0.15) is 0 Å². The summed E-state index contributed by atoms with van der Waals surface area (Å²) in [4.78, 5) is 11.5. The van der Waals surface area contributed by atoms with Gasteiger partial charge < -0.3 is 9.47 Å². The highest BCUT2D eigenvalue weighted by atomic mass is 19.1. The van der Waals surface area contributed by atoms with Gasteiger partial charge in [-0.2, -0.15) is 0 Å². The van der Waals surface area contributed by atoms with Crippen LogP contribution < -0.4 is 9.47 Å². The summed E-state index contributed by atoms with van der Waals surface area (Å²) < 4.78 is 24.7. The van der Waals surface area contributed by atoms with Crippen LogP contribution in [-0.4, -0.2) is 12.9 Å². The normalized spacial score (nSPS) is 10.2. The molecule has 0 fully saturated rings. The van der Waals surface area contributed by atoms with Gasteiger partial charge in [0, 0.05) is 0 Å². The van der Waals surface area contributed by atoms with Gasteiger partial charge in [0.25, 0.3) is 0 Å². The second-order valence-electron chi connectivity index (χ2n) is 4.43. The second kappa shape index (κ2) is 5.74. The van der Waals surface area contributed by atoms with E-state index in [9.17, 15) is 9.18 Å². The minimum absolute atomic E-state index is 0.0813. The standard InChI is InChI=1S/C16H15FO3/c1-10-7-8-14(15(9-10)19-3)20-16-12(11(2)18)5-4-6-13(16)17/h4-9H,1-3H3. The van der Waals surface area contributed by atoms with Gasteiger partial charge in [-0.05, 0) is 43.7 Å². The summed E-state index contributed by atoms with van der Waals surface area (Å²) in [6, 6.07) is 9.55. The SMILES string of the molecule is COc1cc(C)ccc1Oc1c(F)cccc1C(C)=O. The Hall–Kier alpha value is -2.36. The molecule has 20 heavy (non-hydrogen) atoms. The number of para-hydroxylation sites is 1. The third kappa shape index (κ3) is 2.79. The molecular formula is C16H15FO3. The Morgan fingerprint density at radius 1 is 1.15 bits per heavy atom. The highest BCUT2D eigenvalue weighted by Crippen LogP contribution is 2.35. The summed E-state index contributed by atoms with van der Waals surface area (Å²) >= 11 is 0. The van der Waals surface area contributed by atoms with Crippen molar-refractivity contribution in [3.63, 3.8) is 0 Å². The van der Waals surface area contributed by atoms with Crippen LogP contribution in [0.1, 0.15) is 22.8 Å². The Kier molecular flexibility index (Phi) is 4.03. The first-order valence-corrected chi connectivity index (χ1v) is 6.15. The molecule has 0 N–H and O–H groups in total. The number of Topliss-reactive ketones (excluding diaryl/α,β-unsaturated/α-hetero) is 1. The molecular weight excluding hydrogens is 259 g/mol. The molecule has 3 nitrogen and oxygen atoms in total. The zero-order chi connectivity index (χ0) is 14.7. The van der Waals surface area contributed by atoms with Crippen molar-refractivity contribution in [1.82, 2.24) is 0 Å². The number of rotatable bonds is 4. The van der Waals surface area contributed by atoms with E-state index in [2.05, 4.69) is 0 Å². The predicted molar refractivity (Wildman–Crippen MR) is 74.2 cm³/mol. The molecule has 0 saturated heterocycles. The van der Waals surface area contributed by atoms with E-state index in [1.54, 1.807) is 12.1 Å². The minimum Gasteiger partial charge on any atom is -0.493 e. The van der Waals surface area contributed by atoms with E-state index in [1.165, 1.54) is 32.2 Å². The maximum Gasteiger partial charge on any atom is 0.174 e. The van der Waals surface area contributed by atoms with Gasteiger partial charge in [-0.25, -0.2) is 4.39 Å². The molecule has 0 spiro atoms. The molecule has 0 aliphatic carbocycles. The summed E-state index contributed by atoms with van der Waals surface area (Å²) in [6.07, 6.45) is 0. The second-order valence-corrected chi connectivity index (χ2v) is 4.43. The monoisotopic (exact) mass is 274 g/mol. The van der Waals surface area contributed by atoms with E-state index in [0.29, 0.717) is 11.5 Å². The molecule has 2 aromatic carbocycles. The molecule has 104 valence electrons. The van der Waals surface area contributed by atoms with E-state index < -0.39 is 5.82 Å². The van der Waals surface area contributed by atoms with Crippen LogP contribution in [0.4, 0.5) is 4.39 Å². The largest absolute Gasteiger partial charge is 0.493 e. The van der Waals surface area contributed by atoms with Crippen molar-refractivity contribution < 1.29 is 18.7 Å². The van der Waals surface area contributed by atoms with Crippen LogP contribution >= 0.6 is 0 Å². The third-order valence-corrected chi connectivity index (χ3v) is 2.88. The molecule has 0 saturated carbocycles. The summed E-state index contributed by atoms with van der Waals surface area (Å²) in [5, 5.41) is 0. The first-order valence-electron chi connectivity index (χ1n) is 6.15. The van der Waals surface area contributed by atoms with Gasteiger partial charge in [0.2, 0.25) is 0 Å². The van der Waals surface area contributed by atoms with Crippen molar-refractivity contribution in [3.05, 3.63) is 53.3 Å². The van der Waals surface area contributed by atoms with Crippen molar-refractivity contribution in [2.24, 2.45) is 0 Å². The van der Waals surface area contributed by atoms with Crippen molar-refractivity contribution in [3.8, 4) is 17.2 Å². The van der Waals surface area contributed by atoms with Gasteiger partial charge in [0.15, 0.2) is 28.8 Å². The van der Waals surface area contributed by atoms with Crippen LogP contribution in [0.3, 0.4) is 0 Å². The molecule has 2 aromatic rings. The average Bonchev–Trinajstić information content (AvgIpc) is 2.42. The van der Waals surface area contributed by atoms with E-state index >= 15 is 0 Å². The van der Waals surface area contributed by atoms with Crippen molar-refractivity contribution >= 4 is 5.78 Å². The lowest BCUT2D eigenvalue weighted by atomic mass is 10.1. The fraction of sp³-hybridized carbons (Fsp3) is 0.188. The molecule has 0 heterocycles. The number of carbonyl (C=O) groups excluding carboxylic acids is 1. The van der Waals surface area contributed by atoms with Crippen molar-refractivity contribution in [2.75, 3.05) is 7.11 Å². The minimum atomic E-state index is -0.583. The van der Waals surface area contributed by atoms with Crippen LogP contribution in [-0.2, 0) is 0 Å². The lowest BCUT2D eigenvalue weighted by Crippen LogP contribution is -2.00. The number of hydrogen-bond acceptors (Lipinski definition) is 3. The Bertz CT molecular complexity index is 650. The fourth-order valence-corrected chi connectivity index (χ4v) is 1.86. The summed E-state index contributed by atoms with van der Waals surface area (Å²) in [5.74, 6) is -0.0680. The van der Waals surface area contributed by atoms with E-state index in [0.717, 1.165) is 5.56 Å². The molecule has 0 aliphatic rings. The number of carbonyl (C=O) groups is 1. The highest BCUT2D eigenvalue weighted by molar-refractivity contribution is 5.97. The van der Waals surface area contributed by atoms with E-state index in [1.807, 2.05) is 13.0 Å². The Morgan fingerprint density at radius 3 is 2.55 bits per heavy atom. The Morgan fingerprint density at radius 2 is 1.90 bits per heavy atom. The number of halogens is 1. The van der Waals surface area contributed by atoms with Crippen LogP contribution in [0.25, 0.3) is 0 Å². The first-order chi connectivity index (χ1) is 9.52. The van der Waals surface area contributed by atoms with Crippen molar-refractivity contribution in [2.45, 2.75) is 13.8 Å². The number of ether oxygens (including phenoxy) is 2. The Balaban J connectivity index is 2.47. The number of aryl methyl sites for hydroxylation is 1. The summed E-state index contributed by atoms with van der Waals surface area (Å²) in [7, 11) is 1.51. The fourth-order valence-electron chi connectivity index (χ4n) is 1.86. The molecule has 0 unspecified atom stereocenters. The average molecular weight is 274 g/mol. The lowest BCUT2D eigenvalue weighted by molar-refractivity contribution is 0.101. The molecule has 0 bridgehead atoms.